The van der Waals surface area contributed by atoms with Crippen molar-refractivity contribution in [1.29, 1.82) is 0 Å². The molecular weight excluding hydrogens is 326 g/mol. The maximum Gasteiger partial charge on any atom is 0.253 e. The van der Waals surface area contributed by atoms with Crippen LogP contribution in [0.25, 0.3) is 0 Å². The second-order valence-electron chi connectivity index (χ2n) is 8.14. The highest BCUT2D eigenvalue weighted by Gasteiger charge is 2.45. The third-order valence-corrected chi connectivity index (χ3v) is 6.31. The average Bonchev–Trinajstić information content (AvgIpc) is 3.00. The third-order valence-electron chi connectivity index (χ3n) is 5.07. The maximum absolute atomic E-state index is 12.6. The van der Waals surface area contributed by atoms with Gasteiger partial charge in [0.1, 0.15) is 0 Å². The Kier molecular flexibility index (Phi) is 4.28. The molecule has 6 nitrogen and oxygen atoms in total. The van der Waals surface area contributed by atoms with Gasteiger partial charge in [-0.25, -0.2) is 8.42 Å². The average molecular weight is 353 g/mol. The predicted molar refractivity (Wildman–Crippen MR) is 93.3 cm³/mol. The molecule has 3 rings (SSSR count). The molecule has 1 amide bonds. The van der Waals surface area contributed by atoms with Gasteiger partial charge in [-0.05, 0) is 51.5 Å². The quantitative estimate of drug-likeness (QED) is 0.894. The molecule has 2 heterocycles. The van der Waals surface area contributed by atoms with Gasteiger partial charge < -0.3 is 9.88 Å². The summed E-state index contributed by atoms with van der Waals surface area (Å²) < 4.78 is 27.2. The zero-order chi connectivity index (χ0) is 17.7. The number of hydrogen-bond acceptors (Lipinski definition) is 3. The minimum atomic E-state index is -3.21. The summed E-state index contributed by atoms with van der Waals surface area (Å²) in [6.45, 7) is 7.15. The number of nitrogens with one attached hydrogen (secondary N) is 1. The summed E-state index contributed by atoms with van der Waals surface area (Å²) in [5.41, 5.74) is 0.549. The smallest absolute Gasteiger partial charge is 0.253 e. The zero-order valence-electron chi connectivity index (χ0n) is 14.8. The van der Waals surface area contributed by atoms with Crippen molar-refractivity contribution in [3.8, 4) is 0 Å². The minimum Gasteiger partial charge on any atom is -0.348 e. The standard InChI is InChI=1S/C17H27N3O3S/c1-17(2,3)19-8-7-13(9-19)16(21)18-15-11-20(24(4,22)23)10-14(15)12-5-6-12/h7-9,12,14-15H,5-6,10-11H2,1-4H3,(H,18,21)/t14-,15+/m1/s1. The van der Waals surface area contributed by atoms with E-state index in [0.29, 0.717) is 24.6 Å². The van der Waals surface area contributed by atoms with Gasteiger partial charge in [-0.15, -0.1) is 0 Å². The molecule has 0 bridgehead atoms. The van der Waals surface area contributed by atoms with E-state index in [-0.39, 0.29) is 23.4 Å². The lowest BCUT2D eigenvalue weighted by atomic mass is 9.98. The highest BCUT2D eigenvalue weighted by molar-refractivity contribution is 7.88. The van der Waals surface area contributed by atoms with E-state index >= 15 is 0 Å². The molecule has 1 aliphatic heterocycles. The van der Waals surface area contributed by atoms with E-state index in [1.165, 1.54) is 10.6 Å². The Morgan fingerprint density at radius 2 is 1.92 bits per heavy atom. The van der Waals surface area contributed by atoms with Crippen LogP contribution in [0.4, 0.5) is 0 Å². The lowest BCUT2D eigenvalue weighted by molar-refractivity contribution is 0.0928. The molecule has 134 valence electrons. The lowest BCUT2D eigenvalue weighted by Crippen LogP contribution is -2.41. The molecule has 1 aromatic rings. The summed E-state index contributed by atoms with van der Waals surface area (Å²) >= 11 is 0. The van der Waals surface area contributed by atoms with Gasteiger partial charge in [-0.2, -0.15) is 4.31 Å². The van der Waals surface area contributed by atoms with Gasteiger partial charge in [-0.1, -0.05) is 0 Å². The molecule has 0 radical (unpaired) electrons. The fraction of sp³-hybridized carbons (Fsp3) is 0.706. The van der Waals surface area contributed by atoms with Crippen LogP contribution >= 0.6 is 0 Å². The molecule has 24 heavy (non-hydrogen) atoms. The first-order valence-electron chi connectivity index (χ1n) is 8.50. The molecule has 0 spiro atoms. The number of rotatable bonds is 4. The van der Waals surface area contributed by atoms with Gasteiger partial charge in [0.05, 0.1) is 11.8 Å². The van der Waals surface area contributed by atoms with Crippen molar-refractivity contribution >= 4 is 15.9 Å². The van der Waals surface area contributed by atoms with E-state index in [0.717, 1.165) is 12.8 Å². The molecule has 1 N–H and O–H groups in total. The molecule has 0 aromatic carbocycles. The maximum atomic E-state index is 12.6. The molecule has 7 heteroatoms. The van der Waals surface area contributed by atoms with Crippen LogP contribution in [0.5, 0.6) is 0 Å². The van der Waals surface area contributed by atoms with E-state index in [4.69, 9.17) is 0 Å². The molecule has 1 aromatic heterocycles. The summed E-state index contributed by atoms with van der Waals surface area (Å²) in [5.74, 6) is 0.651. The molecule has 2 aliphatic rings. The van der Waals surface area contributed by atoms with Crippen LogP contribution in [-0.2, 0) is 15.6 Å². The summed E-state index contributed by atoms with van der Waals surface area (Å²) in [4.78, 5) is 12.6. The molecule has 1 saturated carbocycles. The van der Waals surface area contributed by atoms with Crippen LogP contribution in [0.3, 0.4) is 0 Å². The van der Waals surface area contributed by atoms with Crippen LogP contribution in [0.1, 0.15) is 44.0 Å². The summed E-state index contributed by atoms with van der Waals surface area (Å²) in [7, 11) is -3.21. The Morgan fingerprint density at radius 1 is 1.25 bits per heavy atom. The van der Waals surface area contributed by atoms with Crippen molar-refractivity contribution in [3.63, 3.8) is 0 Å². The second-order valence-corrected chi connectivity index (χ2v) is 10.1. The topological polar surface area (TPSA) is 71.4 Å². The molecular formula is C17H27N3O3S. The van der Waals surface area contributed by atoms with Crippen molar-refractivity contribution in [1.82, 2.24) is 14.2 Å². The van der Waals surface area contributed by atoms with Crippen LogP contribution < -0.4 is 5.32 Å². The highest BCUT2D eigenvalue weighted by Crippen LogP contribution is 2.42. The second kappa shape index (κ2) is 5.88. The SMILES string of the molecule is CC(C)(C)n1ccc(C(=O)N[C@H]2CN(S(C)(=O)=O)C[C@@H]2C2CC2)c1. The Hall–Kier alpha value is -1.34. The Labute approximate surface area is 144 Å². The summed E-state index contributed by atoms with van der Waals surface area (Å²) in [6, 6.07) is 1.72. The van der Waals surface area contributed by atoms with E-state index in [1.54, 1.807) is 0 Å². The number of amides is 1. The number of hydrogen-bond donors (Lipinski definition) is 1. The van der Waals surface area contributed by atoms with Crippen LogP contribution in [-0.4, -0.2) is 48.6 Å². The first-order chi connectivity index (χ1) is 11.1. The molecule has 1 aliphatic carbocycles. The van der Waals surface area contributed by atoms with Gasteiger partial charge in [0.25, 0.3) is 5.91 Å². The molecule has 1 saturated heterocycles. The largest absolute Gasteiger partial charge is 0.348 e. The van der Waals surface area contributed by atoms with Gasteiger partial charge in [-0.3, -0.25) is 4.79 Å². The van der Waals surface area contributed by atoms with Gasteiger partial charge in [0.2, 0.25) is 10.0 Å². The Morgan fingerprint density at radius 3 is 2.42 bits per heavy atom. The summed E-state index contributed by atoms with van der Waals surface area (Å²) in [6.07, 6.45) is 7.27. The number of carbonyl (C=O) groups excluding carboxylic acids is 1. The predicted octanol–water partition coefficient (Wildman–Crippen LogP) is 1.64. The zero-order valence-corrected chi connectivity index (χ0v) is 15.6. The number of nitrogens with zero attached hydrogens (tertiary/aromatic N) is 2. The van der Waals surface area contributed by atoms with Crippen LogP contribution in [0.15, 0.2) is 18.5 Å². The fourth-order valence-electron chi connectivity index (χ4n) is 3.42. The molecule has 2 atom stereocenters. The fourth-order valence-corrected chi connectivity index (χ4v) is 4.29. The highest BCUT2D eigenvalue weighted by atomic mass is 32.2. The van der Waals surface area contributed by atoms with E-state index < -0.39 is 10.0 Å². The van der Waals surface area contributed by atoms with Crippen LogP contribution in [0.2, 0.25) is 0 Å². The first kappa shape index (κ1) is 17.5. The van der Waals surface area contributed by atoms with Crippen molar-refractivity contribution in [2.24, 2.45) is 11.8 Å². The Bertz CT molecular complexity index is 729. The number of aromatic nitrogens is 1. The van der Waals surface area contributed by atoms with Crippen LogP contribution in [0, 0.1) is 11.8 Å². The number of sulfonamides is 1. The van der Waals surface area contributed by atoms with Crippen molar-refractivity contribution in [3.05, 3.63) is 24.0 Å². The summed E-state index contributed by atoms with van der Waals surface area (Å²) in [5, 5.41) is 3.08. The third kappa shape index (κ3) is 3.67. The van der Waals surface area contributed by atoms with E-state index in [9.17, 15) is 13.2 Å². The lowest BCUT2D eigenvalue weighted by Gasteiger charge is -2.21. The van der Waals surface area contributed by atoms with Crippen molar-refractivity contribution in [2.75, 3.05) is 19.3 Å². The van der Waals surface area contributed by atoms with Gasteiger partial charge in [0, 0.05) is 37.1 Å². The normalized spacial score (nSPS) is 25.8. The van der Waals surface area contributed by atoms with Gasteiger partial charge in [0.15, 0.2) is 0 Å². The monoisotopic (exact) mass is 353 g/mol. The Balaban J connectivity index is 1.72. The first-order valence-corrected chi connectivity index (χ1v) is 10.3. The van der Waals surface area contributed by atoms with Gasteiger partial charge >= 0.3 is 0 Å². The molecule has 0 unspecified atom stereocenters. The van der Waals surface area contributed by atoms with Crippen molar-refractivity contribution < 1.29 is 13.2 Å². The molecule has 2 fully saturated rings. The van der Waals surface area contributed by atoms with E-state index in [1.807, 2.05) is 23.0 Å². The number of carbonyl (C=O) groups is 1. The van der Waals surface area contributed by atoms with E-state index in [2.05, 4.69) is 26.1 Å². The minimum absolute atomic E-state index is 0.0739. The van der Waals surface area contributed by atoms with Crippen molar-refractivity contribution in [2.45, 2.75) is 45.2 Å².